The fourth-order valence-electron chi connectivity index (χ4n) is 5.50. The Kier molecular flexibility index (Phi) is 4.97. The number of nitrogens with zero attached hydrogens (tertiary/aromatic N) is 3. The number of Topliss-reactive ketones (excluding diaryl/α,β-unsaturated/α-hetero) is 1. The lowest BCUT2D eigenvalue weighted by atomic mass is 9.85. The molecular formula is C23H20FN3O6. The Hall–Kier alpha value is -3.66. The number of hydrogen-bond acceptors (Lipinski definition) is 7. The summed E-state index contributed by atoms with van der Waals surface area (Å²) in [6.45, 7) is 0.579. The van der Waals surface area contributed by atoms with Gasteiger partial charge < -0.3 is 4.74 Å². The molecular weight excluding hydrogens is 433 g/mol. The number of halogens is 1. The maximum Gasteiger partial charge on any atom is 0.271 e. The molecule has 3 aliphatic rings. The third-order valence-corrected chi connectivity index (χ3v) is 6.86. The number of ether oxygens (including phenoxy) is 1. The van der Waals surface area contributed by atoms with Crippen LogP contribution in [0.15, 0.2) is 42.5 Å². The second kappa shape index (κ2) is 7.73. The summed E-state index contributed by atoms with van der Waals surface area (Å²) in [5.74, 6) is -3.42. The topological polar surface area (TPSA) is 110 Å². The van der Waals surface area contributed by atoms with Gasteiger partial charge in [-0.15, -0.1) is 0 Å². The molecule has 4 atom stereocenters. The van der Waals surface area contributed by atoms with Crippen molar-refractivity contribution in [1.29, 1.82) is 0 Å². The monoisotopic (exact) mass is 453 g/mol. The van der Waals surface area contributed by atoms with Gasteiger partial charge >= 0.3 is 0 Å². The summed E-state index contributed by atoms with van der Waals surface area (Å²) in [6, 6.07) is 7.68. The lowest BCUT2D eigenvalue weighted by molar-refractivity contribution is -0.384. The number of hydrogen-bond donors (Lipinski definition) is 0. The fraction of sp³-hybridized carbons (Fsp3) is 0.348. The van der Waals surface area contributed by atoms with Gasteiger partial charge in [-0.3, -0.25) is 29.4 Å². The quantitative estimate of drug-likeness (QED) is 0.296. The average Bonchev–Trinajstić information content (AvgIpc) is 3.45. The number of carbonyl (C=O) groups is 3. The third kappa shape index (κ3) is 3.12. The van der Waals surface area contributed by atoms with Crippen molar-refractivity contribution in [3.63, 3.8) is 0 Å². The van der Waals surface area contributed by atoms with Gasteiger partial charge in [0.1, 0.15) is 17.3 Å². The second-order valence-electron chi connectivity index (χ2n) is 8.44. The summed E-state index contributed by atoms with van der Waals surface area (Å²) in [5.41, 5.74) is -0.0298. The van der Waals surface area contributed by atoms with Gasteiger partial charge in [-0.25, -0.2) is 9.29 Å². The van der Waals surface area contributed by atoms with E-state index in [0.717, 1.165) is 17.4 Å². The van der Waals surface area contributed by atoms with Gasteiger partial charge in [0.2, 0.25) is 11.8 Å². The molecule has 0 aliphatic carbocycles. The lowest BCUT2D eigenvalue weighted by Crippen LogP contribution is -2.46. The zero-order valence-corrected chi connectivity index (χ0v) is 17.6. The highest BCUT2D eigenvalue weighted by molar-refractivity contribution is 6.25. The zero-order valence-electron chi connectivity index (χ0n) is 17.6. The molecule has 0 saturated carbocycles. The SMILES string of the molecule is COc1ccc([N+](=O)[O-])cc1N1C(=O)[C@@H]2[C@H](C1=O)[C@H]1CCCN1[C@@H]2C(=O)c1ccc(F)cc1. The predicted octanol–water partition coefficient (Wildman–Crippen LogP) is 2.58. The molecule has 0 spiro atoms. The van der Waals surface area contributed by atoms with Gasteiger partial charge in [-0.1, -0.05) is 0 Å². The van der Waals surface area contributed by atoms with E-state index >= 15 is 0 Å². The lowest BCUT2D eigenvalue weighted by Gasteiger charge is -2.28. The van der Waals surface area contributed by atoms with Crippen molar-refractivity contribution < 1.29 is 28.4 Å². The molecule has 10 heteroatoms. The Morgan fingerprint density at radius 2 is 1.82 bits per heavy atom. The van der Waals surface area contributed by atoms with Crippen LogP contribution in [-0.2, 0) is 9.59 Å². The van der Waals surface area contributed by atoms with Gasteiger partial charge in [0.05, 0.1) is 29.9 Å². The van der Waals surface area contributed by atoms with Crippen LogP contribution in [-0.4, -0.2) is 53.2 Å². The zero-order chi connectivity index (χ0) is 23.4. The number of anilines is 1. The van der Waals surface area contributed by atoms with Crippen molar-refractivity contribution in [1.82, 2.24) is 4.90 Å². The fourth-order valence-corrected chi connectivity index (χ4v) is 5.50. The van der Waals surface area contributed by atoms with E-state index in [1.807, 2.05) is 4.90 Å². The van der Waals surface area contributed by atoms with E-state index in [0.29, 0.717) is 13.0 Å². The minimum atomic E-state index is -0.927. The van der Waals surface area contributed by atoms with Crippen molar-refractivity contribution >= 4 is 29.0 Å². The number of amides is 2. The highest BCUT2D eigenvalue weighted by Gasteiger charge is 2.65. The second-order valence-corrected chi connectivity index (χ2v) is 8.44. The van der Waals surface area contributed by atoms with E-state index in [1.54, 1.807) is 0 Å². The number of rotatable bonds is 5. The highest BCUT2D eigenvalue weighted by atomic mass is 19.1. The van der Waals surface area contributed by atoms with E-state index in [2.05, 4.69) is 0 Å². The molecule has 0 radical (unpaired) electrons. The molecule has 0 aromatic heterocycles. The summed E-state index contributed by atoms with van der Waals surface area (Å²) in [5, 5.41) is 11.3. The molecule has 2 aromatic rings. The molecule has 3 aliphatic heterocycles. The van der Waals surface area contributed by atoms with Crippen molar-refractivity contribution in [3.05, 3.63) is 64.0 Å². The van der Waals surface area contributed by atoms with E-state index in [9.17, 15) is 28.9 Å². The number of non-ortho nitro benzene ring substituents is 1. The first kappa shape index (κ1) is 21.2. The van der Waals surface area contributed by atoms with Crippen LogP contribution in [0.5, 0.6) is 5.75 Å². The van der Waals surface area contributed by atoms with Crippen LogP contribution < -0.4 is 9.64 Å². The highest BCUT2D eigenvalue weighted by Crippen LogP contribution is 2.50. The maximum atomic E-state index is 13.6. The molecule has 0 unspecified atom stereocenters. The minimum Gasteiger partial charge on any atom is -0.495 e. The van der Waals surface area contributed by atoms with Crippen molar-refractivity contribution in [2.24, 2.45) is 11.8 Å². The smallest absolute Gasteiger partial charge is 0.271 e. The number of carbonyl (C=O) groups excluding carboxylic acids is 3. The first-order chi connectivity index (χ1) is 15.8. The van der Waals surface area contributed by atoms with Crippen molar-refractivity contribution in [3.8, 4) is 5.75 Å². The van der Waals surface area contributed by atoms with Gasteiger partial charge in [-0.2, -0.15) is 0 Å². The van der Waals surface area contributed by atoms with Crippen LogP contribution in [0.2, 0.25) is 0 Å². The molecule has 3 fully saturated rings. The van der Waals surface area contributed by atoms with Gasteiger partial charge in [0, 0.05) is 23.7 Å². The Morgan fingerprint density at radius 1 is 1.12 bits per heavy atom. The summed E-state index contributed by atoms with van der Waals surface area (Å²) in [6.07, 6.45) is 1.44. The van der Waals surface area contributed by atoms with E-state index < -0.39 is 40.4 Å². The molecule has 3 heterocycles. The number of fused-ring (bicyclic) bond motifs is 3. The van der Waals surface area contributed by atoms with E-state index in [1.165, 1.54) is 43.5 Å². The molecule has 2 amide bonds. The van der Waals surface area contributed by atoms with E-state index in [4.69, 9.17) is 4.74 Å². The first-order valence-corrected chi connectivity index (χ1v) is 10.6. The largest absolute Gasteiger partial charge is 0.495 e. The number of nitro groups is 1. The Bertz CT molecular complexity index is 1180. The van der Waals surface area contributed by atoms with Crippen LogP contribution >= 0.6 is 0 Å². The Morgan fingerprint density at radius 3 is 2.48 bits per heavy atom. The van der Waals surface area contributed by atoms with Crippen molar-refractivity contribution in [2.75, 3.05) is 18.6 Å². The minimum absolute atomic E-state index is 0.00590. The van der Waals surface area contributed by atoms with Gasteiger partial charge in [0.25, 0.3) is 5.69 Å². The summed E-state index contributed by atoms with van der Waals surface area (Å²) in [7, 11) is 1.34. The molecule has 5 rings (SSSR count). The molecule has 33 heavy (non-hydrogen) atoms. The number of methoxy groups -OCH3 is 1. The number of benzene rings is 2. The number of imide groups is 1. The number of ketones is 1. The molecule has 0 bridgehead atoms. The van der Waals surface area contributed by atoms with Crippen LogP contribution in [0.3, 0.4) is 0 Å². The molecule has 9 nitrogen and oxygen atoms in total. The van der Waals surface area contributed by atoms with E-state index in [-0.39, 0.29) is 34.5 Å². The van der Waals surface area contributed by atoms with Gasteiger partial charge in [0.15, 0.2) is 5.78 Å². The summed E-state index contributed by atoms with van der Waals surface area (Å²) < 4.78 is 18.7. The van der Waals surface area contributed by atoms with Crippen molar-refractivity contribution in [2.45, 2.75) is 24.9 Å². The van der Waals surface area contributed by atoms with Crippen LogP contribution in [0.4, 0.5) is 15.8 Å². The van der Waals surface area contributed by atoms with Gasteiger partial charge in [-0.05, 0) is 49.7 Å². The first-order valence-electron chi connectivity index (χ1n) is 10.6. The Labute approximate surface area is 187 Å². The average molecular weight is 453 g/mol. The maximum absolute atomic E-state index is 13.6. The molecule has 0 N–H and O–H groups in total. The summed E-state index contributed by atoms with van der Waals surface area (Å²) >= 11 is 0. The van der Waals surface area contributed by atoms with Crippen LogP contribution in [0.25, 0.3) is 0 Å². The molecule has 170 valence electrons. The third-order valence-electron chi connectivity index (χ3n) is 6.86. The summed E-state index contributed by atoms with van der Waals surface area (Å²) in [4.78, 5) is 54.1. The standard InChI is InChI=1S/C23H20FN3O6/c1-33-17-9-8-14(27(31)32)11-16(17)26-22(29)18-15-3-2-10-25(15)20(19(18)23(26)30)21(28)12-4-6-13(24)7-5-12/h4-9,11,15,18-20H,2-3,10H2,1H3/t15-,18-,19-,20+/m1/s1. The Balaban J connectivity index is 1.58. The predicted molar refractivity (Wildman–Crippen MR) is 113 cm³/mol. The number of nitro benzene ring substituents is 1. The normalized spacial score (nSPS) is 26.4. The molecule has 2 aromatic carbocycles. The van der Waals surface area contributed by atoms with Crippen LogP contribution in [0, 0.1) is 27.8 Å². The molecule has 3 saturated heterocycles. The van der Waals surface area contributed by atoms with Crippen LogP contribution in [0.1, 0.15) is 23.2 Å².